The zero-order chi connectivity index (χ0) is 19.8. The van der Waals surface area contributed by atoms with Gasteiger partial charge < -0.3 is 10.2 Å². The summed E-state index contributed by atoms with van der Waals surface area (Å²) in [6.07, 6.45) is 1.59. The molecule has 1 aromatic heterocycles. The lowest BCUT2D eigenvalue weighted by Crippen LogP contribution is -2.11. The Balaban J connectivity index is 2.27. The molecule has 0 atom stereocenters. The van der Waals surface area contributed by atoms with Crippen molar-refractivity contribution in [2.75, 3.05) is 0 Å². The Morgan fingerprint density at radius 3 is 2.33 bits per heavy atom. The summed E-state index contributed by atoms with van der Waals surface area (Å²) in [5.41, 5.74) is 0.0784. The van der Waals surface area contributed by atoms with Crippen LogP contribution in [-0.2, 0) is 14.8 Å². The van der Waals surface area contributed by atoms with Crippen LogP contribution >= 0.6 is 11.6 Å². The van der Waals surface area contributed by atoms with Crippen molar-refractivity contribution < 1.29 is 28.2 Å². The van der Waals surface area contributed by atoms with E-state index in [0.717, 1.165) is 10.2 Å². The van der Waals surface area contributed by atoms with Crippen molar-refractivity contribution in [1.29, 1.82) is 0 Å². The number of nitrogens with zero attached hydrogens (tertiary/aromatic N) is 1. The van der Waals surface area contributed by atoms with E-state index >= 15 is 0 Å². The Morgan fingerprint density at radius 1 is 1.04 bits per heavy atom. The van der Waals surface area contributed by atoms with Crippen LogP contribution in [0.3, 0.4) is 0 Å². The molecule has 27 heavy (non-hydrogen) atoms. The Morgan fingerprint density at radius 2 is 1.70 bits per heavy atom. The number of carbonyl (C=O) groups excluding carboxylic acids is 1. The zero-order valence-electron chi connectivity index (χ0n) is 13.5. The molecule has 0 saturated heterocycles. The van der Waals surface area contributed by atoms with Gasteiger partial charge in [-0.3, -0.25) is 4.79 Å². The number of halogens is 1. The standard InChI is InChI=1S/C18H12ClNO6S/c19-11-6-7-15-13(8-11)14(16(21)9-17(22)18(23)24)10-20(15)27(25,26)12-4-2-1-3-5-12/h1-10,22H,(H,23,24). The predicted molar refractivity (Wildman–Crippen MR) is 98.7 cm³/mol. The fraction of sp³-hybridized carbons (Fsp3) is 0. The van der Waals surface area contributed by atoms with E-state index in [2.05, 4.69) is 0 Å². The molecule has 9 heteroatoms. The third-order valence-electron chi connectivity index (χ3n) is 3.78. The van der Waals surface area contributed by atoms with Gasteiger partial charge in [-0.15, -0.1) is 0 Å². The molecule has 0 unspecified atom stereocenters. The first kappa shape index (κ1) is 18.7. The van der Waals surface area contributed by atoms with E-state index in [0.29, 0.717) is 6.08 Å². The number of allylic oxidation sites excluding steroid dienone is 1. The van der Waals surface area contributed by atoms with Crippen LogP contribution in [0.5, 0.6) is 0 Å². The monoisotopic (exact) mass is 405 g/mol. The van der Waals surface area contributed by atoms with Gasteiger partial charge in [-0.2, -0.15) is 0 Å². The van der Waals surface area contributed by atoms with Crippen molar-refractivity contribution in [2.45, 2.75) is 4.90 Å². The number of rotatable bonds is 5. The summed E-state index contributed by atoms with van der Waals surface area (Å²) in [6.45, 7) is 0. The summed E-state index contributed by atoms with van der Waals surface area (Å²) in [5.74, 6) is -3.71. The van der Waals surface area contributed by atoms with Gasteiger partial charge in [0.05, 0.1) is 10.4 Å². The summed E-state index contributed by atoms with van der Waals surface area (Å²) < 4.78 is 26.8. The number of aliphatic hydroxyl groups is 1. The van der Waals surface area contributed by atoms with Crippen molar-refractivity contribution in [2.24, 2.45) is 0 Å². The number of aliphatic carboxylic acids is 1. The molecule has 0 amide bonds. The minimum atomic E-state index is -4.01. The van der Waals surface area contributed by atoms with E-state index in [4.69, 9.17) is 16.7 Å². The number of fused-ring (bicyclic) bond motifs is 1. The Labute approximate surface area is 158 Å². The number of hydrogen-bond acceptors (Lipinski definition) is 5. The van der Waals surface area contributed by atoms with Gasteiger partial charge >= 0.3 is 5.97 Å². The normalized spacial score (nSPS) is 12.3. The van der Waals surface area contributed by atoms with Crippen molar-refractivity contribution in [3.05, 3.63) is 77.1 Å². The quantitative estimate of drug-likeness (QED) is 0.382. The predicted octanol–water partition coefficient (Wildman–Crippen LogP) is 3.24. The second kappa shape index (κ2) is 6.90. The number of aromatic nitrogens is 1. The first-order chi connectivity index (χ1) is 12.7. The molecule has 7 nitrogen and oxygen atoms in total. The summed E-state index contributed by atoms with van der Waals surface area (Å²) in [5, 5.41) is 18.5. The number of hydrogen-bond donors (Lipinski definition) is 2. The van der Waals surface area contributed by atoms with Gasteiger partial charge in [-0.1, -0.05) is 29.8 Å². The number of benzene rings is 2. The topological polar surface area (TPSA) is 114 Å². The molecule has 0 spiro atoms. The van der Waals surface area contributed by atoms with Crippen LogP contribution in [0.15, 0.2) is 71.5 Å². The van der Waals surface area contributed by atoms with Crippen LogP contribution in [0.25, 0.3) is 10.9 Å². The van der Waals surface area contributed by atoms with Crippen molar-refractivity contribution >= 4 is 44.3 Å². The molecule has 0 aliphatic rings. The van der Waals surface area contributed by atoms with Crippen LogP contribution in [0.4, 0.5) is 0 Å². The van der Waals surface area contributed by atoms with Crippen LogP contribution < -0.4 is 0 Å². The fourth-order valence-electron chi connectivity index (χ4n) is 2.54. The molecule has 138 valence electrons. The maximum absolute atomic E-state index is 13.0. The second-order valence-electron chi connectivity index (χ2n) is 5.52. The van der Waals surface area contributed by atoms with Crippen LogP contribution in [0, 0.1) is 0 Å². The van der Waals surface area contributed by atoms with Gasteiger partial charge in [-0.25, -0.2) is 17.2 Å². The van der Waals surface area contributed by atoms with Crippen LogP contribution in [0.1, 0.15) is 10.4 Å². The molecule has 0 bridgehead atoms. The lowest BCUT2D eigenvalue weighted by Gasteiger charge is -2.07. The molecule has 0 aliphatic heterocycles. The second-order valence-corrected chi connectivity index (χ2v) is 7.77. The summed E-state index contributed by atoms with van der Waals surface area (Å²) in [6, 6.07) is 11.9. The highest BCUT2D eigenvalue weighted by molar-refractivity contribution is 7.90. The third-order valence-corrected chi connectivity index (χ3v) is 5.71. The van der Waals surface area contributed by atoms with E-state index in [9.17, 15) is 23.1 Å². The molecular formula is C18H12ClNO6S. The number of carboxylic acid groups (broad SMARTS) is 1. The van der Waals surface area contributed by atoms with Gasteiger partial charge in [0, 0.05) is 28.2 Å². The first-order valence-electron chi connectivity index (χ1n) is 7.51. The fourth-order valence-corrected chi connectivity index (χ4v) is 4.10. The molecule has 0 aliphatic carbocycles. The summed E-state index contributed by atoms with van der Waals surface area (Å²) in [7, 11) is -4.01. The molecule has 1 heterocycles. The third kappa shape index (κ3) is 3.44. The van der Waals surface area contributed by atoms with Gasteiger partial charge in [0.1, 0.15) is 0 Å². The molecule has 0 fully saturated rings. The molecule has 2 N–H and O–H groups in total. The molecular weight excluding hydrogens is 394 g/mol. The van der Waals surface area contributed by atoms with Crippen molar-refractivity contribution in [3.63, 3.8) is 0 Å². The van der Waals surface area contributed by atoms with Crippen molar-refractivity contribution in [3.8, 4) is 0 Å². The Hall–Kier alpha value is -3.10. The Kier molecular flexibility index (Phi) is 4.77. The molecule has 0 saturated carbocycles. The highest BCUT2D eigenvalue weighted by Crippen LogP contribution is 2.29. The smallest absolute Gasteiger partial charge is 0.371 e. The highest BCUT2D eigenvalue weighted by atomic mass is 35.5. The number of ketones is 1. The number of carboxylic acids is 1. The van der Waals surface area contributed by atoms with Gasteiger partial charge in [0.2, 0.25) is 5.76 Å². The lowest BCUT2D eigenvalue weighted by molar-refractivity contribution is -0.135. The van der Waals surface area contributed by atoms with Crippen molar-refractivity contribution in [1.82, 2.24) is 3.97 Å². The average Bonchev–Trinajstić information content (AvgIpc) is 3.01. The maximum Gasteiger partial charge on any atom is 0.371 e. The SMILES string of the molecule is O=C(O)C(O)=CC(=O)c1cn(S(=O)(=O)c2ccccc2)c2ccc(Cl)cc12. The van der Waals surface area contributed by atoms with Gasteiger partial charge in [0.15, 0.2) is 5.78 Å². The average molecular weight is 406 g/mol. The minimum Gasteiger partial charge on any atom is -0.502 e. The van der Waals surface area contributed by atoms with Crippen LogP contribution in [0.2, 0.25) is 5.02 Å². The highest BCUT2D eigenvalue weighted by Gasteiger charge is 2.23. The lowest BCUT2D eigenvalue weighted by atomic mass is 10.1. The van der Waals surface area contributed by atoms with E-state index in [1.165, 1.54) is 30.3 Å². The largest absolute Gasteiger partial charge is 0.502 e. The Bertz CT molecular complexity index is 1200. The summed E-state index contributed by atoms with van der Waals surface area (Å²) in [4.78, 5) is 23.2. The van der Waals surface area contributed by atoms with E-state index in [1.54, 1.807) is 18.2 Å². The first-order valence-corrected chi connectivity index (χ1v) is 9.33. The van der Waals surface area contributed by atoms with Gasteiger partial charge in [-0.05, 0) is 30.3 Å². The van der Waals surface area contributed by atoms with Crippen LogP contribution in [-0.4, -0.2) is 34.4 Å². The minimum absolute atomic E-state index is 0.0137. The zero-order valence-corrected chi connectivity index (χ0v) is 15.1. The number of carbonyl (C=O) groups is 2. The molecule has 0 radical (unpaired) electrons. The summed E-state index contributed by atoms with van der Waals surface area (Å²) >= 11 is 5.96. The van der Waals surface area contributed by atoms with E-state index in [-0.39, 0.29) is 26.4 Å². The van der Waals surface area contributed by atoms with E-state index < -0.39 is 27.5 Å². The molecule has 3 rings (SSSR count). The maximum atomic E-state index is 13.0. The molecule has 3 aromatic rings. The number of aliphatic hydroxyl groups excluding tert-OH is 1. The van der Waals surface area contributed by atoms with Gasteiger partial charge in [0.25, 0.3) is 10.0 Å². The molecule has 2 aromatic carbocycles. The van der Waals surface area contributed by atoms with E-state index in [1.807, 2.05) is 0 Å².